The van der Waals surface area contributed by atoms with Crippen LogP contribution in [0.15, 0.2) is 48.6 Å². The summed E-state index contributed by atoms with van der Waals surface area (Å²) in [5, 5.41) is 23.1. The average Bonchev–Trinajstić information content (AvgIpc) is 3.34. The standard InChI is InChI=1S/C62H115NO5/c1-3-5-7-9-11-13-15-17-19-20-25-28-32-36-40-44-48-52-56-62(67)68-57-53-49-45-41-37-33-29-26-23-21-22-24-27-31-35-39-43-47-51-55-61(66)63-59(58-64)60(65)54-50-46-42-38-34-30-18-16-14-12-10-8-6-4-2/h19-20,26,29,33,37,50,54,59-60,64-65H,3-18,21-25,27-28,30-32,34-36,38-49,51-53,55-58H2,1-2H3,(H,63,66)/b20-19-,29-26-,37-33-,54-50+. The van der Waals surface area contributed by atoms with Crippen molar-refractivity contribution >= 4 is 11.9 Å². The van der Waals surface area contributed by atoms with Crippen LogP contribution in [0.2, 0.25) is 0 Å². The number of hydrogen-bond acceptors (Lipinski definition) is 5. The predicted molar refractivity (Wildman–Crippen MR) is 296 cm³/mol. The van der Waals surface area contributed by atoms with E-state index in [9.17, 15) is 19.8 Å². The lowest BCUT2D eigenvalue weighted by Gasteiger charge is -2.20. The fourth-order valence-electron chi connectivity index (χ4n) is 8.97. The maximum atomic E-state index is 12.4. The number of allylic oxidation sites excluding steroid dienone is 7. The molecule has 3 N–H and O–H groups in total. The first-order valence-electron chi connectivity index (χ1n) is 29.9. The number of rotatable bonds is 55. The van der Waals surface area contributed by atoms with E-state index in [2.05, 4.69) is 55.6 Å². The molecule has 6 nitrogen and oxygen atoms in total. The minimum atomic E-state index is -0.852. The fraction of sp³-hybridized carbons (Fsp3) is 0.839. The third kappa shape index (κ3) is 53.2. The van der Waals surface area contributed by atoms with Gasteiger partial charge in [-0.3, -0.25) is 9.59 Å². The van der Waals surface area contributed by atoms with E-state index in [-0.39, 0.29) is 18.5 Å². The van der Waals surface area contributed by atoms with Gasteiger partial charge in [-0.25, -0.2) is 0 Å². The minimum Gasteiger partial charge on any atom is -0.466 e. The minimum absolute atomic E-state index is 0.0174. The molecule has 0 rings (SSSR count). The van der Waals surface area contributed by atoms with Gasteiger partial charge in [-0.2, -0.15) is 0 Å². The van der Waals surface area contributed by atoms with E-state index in [1.807, 2.05) is 6.08 Å². The molecule has 0 aliphatic heterocycles. The van der Waals surface area contributed by atoms with Gasteiger partial charge in [0.1, 0.15) is 0 Å². The number of carbonyl (C=O) groups excluding carboxylic acids is 2. The Labute approximate surface area is 423 Å². The smallest absolute Gasteiger partial charge is 0.305 e. The van der Waals surface area contributed by atoms with E-state index in [4.69, 9.17) is 4.74 Å². The molecule has 0 spiro atoms. The molecule has 0 saturated carbocycles. The number of unbranched alkanes of at least 4 members (excludes halogenated alkanes) is 39. The average molecular weight is 955 g/mol. The van der Waals surface area contributed by atoms with Gasteiger partial charge >= 0.3 is 5.97 Å². The first-order chi connectivity index (χ1) is 33.5. The lowest BCUT2D eigenvalue weighted by molar-refractivity contribution is -0.143. The van der Waals surface area contributed by atoms with Crippen molar-refractivity contribution in [3.63, 3.8) is 0 Å². The zero-order chi connectivity index (χ0) is 49.3. The fourth-order valence-corrected chi connectivity index (χ4v) is 8.97. The van der Waals surface area contributed by atoms with Crippen molar-refractivity contribution in [2.24, 2.45) is 0 Å². The van der Waals surface area contributed by atoms with Crippen molar-refractivity contribution in [2.45, 2.75) is 321 Å². The molecule has 1 amide bonds. The Morgan fingerprint density at radius 1 is 0.412 bits per heavy atom. The molecule has 0 heterocycles. The van der Waals surface area contributed by atoms with E-state index < -0.39 is 12.1 Å². The van der Waals surface area contributed by atoms with Gasteiger partial charge in [-0.15, -0.1) is 0 Å². The molecular formula is C62H115NO5. The van der Waals surface area contributed by atoms with Gasteiger partial charge in [0.05, 0.1) is 25.4 Å². The van der Waals surface area contributed by atoms with Crippen LogP contribution in [-0.2, 0) is 14.3 Å². The van der Waals surface area contributed by atoms with Gasteiger partial charge < -0.3 is 20.3 Å². The molecule has 68 heavy (non-hydrogen) atoms. The summed E-state index contributed by atoms with van der Waals surface area (Å²) in [4.78, 5) is 24.5. The van der Waals surface area contributed by atoms with E-state index in [0.29, 0.717) is 19.4 Å². The highest BCUT2D eigenvalue weighted by atomic mass is 16.5. The highest BCUT2D eigenvalue weighted by Crippen LogP contribution is 2.16. The summed E-state index contributed by atoms with van der Waals surface area (Å²) in [7, 11) is 0. The lowest BCUT2D eigenvalue weighted by atomic mass is 10.0. The Bertz CT molecular complexity index is 1150. The normalized spacial score (nSPS) is 12.9. The molecule has 0 saturated heterocycles. The third-order valence-electron chi connectivity index (χ3n) is 13.6. The van der Waals surface area contributed by atoms with Crippen molar-refractivity contribution in [3.8, 4) is 0 Å². The maximum Gasteiger partial charge on any atom is 0.305 e. The van der Waals surface area contributed by atoms with Crippen LogP contribution in [0.1, 0.15) is 309 Å². The summed E-state index contributed by atoms with van der Waals surface area (Å²) >= 11 is 0. The Kier molecular flexibility index (Phi) is 55.6. The molecule has 2 atom stereocenters. The second-order valence-corrected chi connectivity index (χ2v) is 20.3. The van der Waals surface area contributed by atoms with E-state index in [0.717, 1.165) is 77.0 Å². The molecule has 0 aromatic heterocycles. The van der Waals surface area contributed by atoms with Gasteiger partial charge in [-0.1, -0.05) is 255 Å². The van der Waals surface area contributed by atoms with Crippen molar-refractivity contribution in [1.82, 2.24) is 5.32 Å². The molecular weight excluding hydrogens is 839 g/mol. The number of esters is 1. The molecule has 0 aliphatic rings. The summed E-state index contributed by atoms with van der Waals surface area (Å²) in [5.74, 6) is -0.0956. The van der Waals surface area contributed by atoms with Gasteiger partial charge in [0.15, 0.2) is 0 Å². The number of ether oxygens (including phenoxy) is 1. The summed E-state index contributed by atoms with van der Waals surface area (Å²) in [6, 6.07) is -0.636. The largest absolute Gasteiger partial charge is 0.466 e. The molecule has 0 fully saturated rings. The quantitative estimate of drug-likeness (QED) is 0.0244. The molecule has 0 radical (unpaired) electrons. The van der Waals surface area contributed by atoms with Crippen LogP contribution in [0.4, 0.5) is 0 Å². The van der Waals surface area contributed by atoms with Crippen molar-refractivity contribution in [2.75, 3.05) is 13.2 Å². The number of aliphatic hydroxyl groups is 2. The van der Waals surface area contributed by atoms with Gasteiger partial charge in [0, 0.05) is 12.8 Å². The number of nitrogens with one attached hydrogen (secondary N) is 1. The zero-order valence-corrected chi connectivity index (χ0v) is 45.3. The number of amides is 1. The SMILES string of the molecule is CCCCCCCCC/C=C\CCCCCCCCCC(=O)OCCCCC/C=C\C=C/CCCCCCCCCCCCC(=O)NC(CO)C(O)/C=C/CCCCCCCCCCCCCC. The van der Waals surface area contributed by atoms with Gasteiger partial charge in [-0.05, 0) is 89.9 Å². The number of hydrogen-bond donors (Lipinski definition) is 3. The molecule has 6 heteroatoms. The van der Waals surface area contributed by atoms with Crippen molar-refractivity contribution < 1.29 is 24.5 Å². The third-order valence-corrected chi connectivity index (χ3v) is 13.6. The summed E-state index contributed by atoms with van der Waals surface area (Å²) in [6.07, 6.45) is 72.8. The van der Waals surface area contributed by atoms with E-state index in [1.165, 1.54) is 205 Å². The molecule has 398 valence electrons. The van der Waals surface area contributed by atoms with Crippen LogP contribution in [0.3, 0.4) is 0 Å². The Morgan fingerprint density at radius 3 is 1.13 bits per heavy atom. The van der Waals surface area contributed by atoms with Crippen LogP contribution in [0.5, 0.6) is 0 Å². The molecule has 0 aliphatic carbocycles. The highest BCUT2D eigenvalue weighted by Gasteiger charge is 2.18. The number of aliphatic hydroxyl groups excluding tert-OH is 2. The van der Waals surface area contributed by atoms with Gasteiger partial charge in [0.2, 0.25) is 5.91 Å². The second-order valence-electron chi connectivity index (χ2n) is 20.3. The van der Waals surface area contributed by atoms with Crippen LogP contribution in [-0.4, -0.2) is 47.4 Å². The first kappa shape index (κ1) is 65.8. The number of carbonyl (C=O) groups is 2. The lowest BCUT2D eigenvalue weighted by Crippen LogP contribution is -2.45. The van der Waals surface area contributed by atoms with Crippen molar-refractivity contribution in [3.05, 3.63) is 48.6 Å². The predicted octanol–water partition coefficient (Wildman–Crippen LogP) is 18.6. The Morgan fingerprint density at radius 2 is 0.735 bits per heavy atom. The Hall–Kier alpha value is -2.18. The highest BCUT2D eigenvalue weighted by molar-refractivity contribution is 5.76. The summed E-state index contributed by atoms with van der Waals surface area (Å²) in [5.41, 5.74) is 0. The molecule has 0 aromatic carbocycles. The Balaban J connectivity index is 3.49. The molecule has 0 aromatic rings. The summed E-state index contributed by atoms with van der Waals surface area (Å²) < 4.78 is 5.46. The van der Waals surface area contributed by atoms with E-state index in [1.54, 1.807) is 6.08 Å². The first-order valence-corrected chi connectivity index (χ1v) is 29.9. The monoisotopic (exact) mass is 954 g/mol. The van der Waals surface area contributed by atoms with E-state index >= 15 is 0 Å². The van der Waals surface area contributed by atoms with Crippen molar-refractivity contribution in [1.29, 1.82) is 0 Å². The molecule has 2 unspecified atom stereocenters. The van der Waals surface area contributed by atoms with Crippen LogP contribution >= 0.6 is 0 Å². The van der Waals surface area contributed by atoms with Gasteiger partial charge in [0.25, 0.3) is 0 Å². The van der Waals surface area contributed by atoms with Crippen LogP contribution < -0.4 is 5.32 Å². The molecule has 0 bridgehead atoms. The summed E-state index contributed by atoms with van der Waals surface area (Å²) in [6.45, 7) is 4.86. The second kappa shape index (κ2) is 57.4. The van der Waals surface area contributed by atoms with Crippen LogP contribution in [0.25, 0.3) is 0 Å². The van der Waals surface area contributed by atoms with Crippen LogP contribution in [0, 0.1) is 0 Å². The maximum absolute atomic E-state index is 12.4. The topological polar surface area (TPSA) is 95.9 Å². The zero-order valence-electron chi connectivity index (χ0n) is 45.3.